The van der Waals surface area contributed by atoms with Gasteiger partial charge in [0.2, 0.25) is 0 Å². The number of nitrogens with zero attached hydrogens (tertiary/aromatic N) is 1. The third kappa shape index (κ3) is 3.29. The van der Waals surface area contributed by atoms with Gasteiger partial charge in [0.1, 0.15) is 0 Å². The number of H-pyrrole nitrogens is 1. The van der Waals surface area contributed by atoms with Gasteiger partial charge >= 0.3 is 0 Å². The molecule has 1 heterocycles. The monoisotopic (exact) mass is 298 g/mol. The molecular weight excluding hydrogens is 280 g/mol. The van der Waals surface area contributed by atoms with E-state index >= 15 is 0 Å². The van der Waals surface area contributed by atoms with Crippen LogP contribution in [-0.2, 0) is 13.1 Å². The molecule has 0 bridgehead atoms. The first kappa shape index (κ1) is 14.2. The van der Waals surface area contributed by atoms with Crippen molar-refractivity contribution in [3.8, 4) is 0 Å². The van der Waals surface area contributed by atoms with Gasteiger partial charge in [-0.15, -0.1) is 0 Å². The number of hydrogen-bond donors (Lipinski definition) is 1. The third-order valence-electron chi connectivity index (χ3n) is 3.74. The minimum atomic E-state index is 0.768. The van der Waals surface area contributed by atoms with Crippen LogP contribution in [0.15, 0.2) is 48.7 Å². The van der Waals surface area contributed by atoms with E-state index in [1.807, 2.05) is 12.1 Å². The molecule has 1 aromatic heterocycles. The average molecular weight is 299 g/mol. The molecule has 0 aliphatic carbocycles. The second-order valence-electron chi connectivity index (χ2n) is 5.66. The number of benzene rings is 2. The van der Waals surface area contributed by atoms with Crippen LogP contribution in [0.1, 0.15) is 16.7 Å². The zero-order valence-electron chi connectivity index (χ0n) is 12.4. The van der Waals surface area contributed by atoms with Crippen molar-refractivity contribution in [1.82, 2.24) is 9.88 Å². The fraction of sp³-hybridized carbons (Fsp3) is 0.222. The Labute approximate surface area is 130 Å². The molecule has 3 rings (SSSR count). The summed E-state index contributed by atoms with van der Waals surface area (Å²) in [4.78, 5) is 5.62. The minimum Gasteiger partial charge on any atom is -0.361 e. The topological polar surface area (TPSA) is 19.0 Å². The normalized spacial score (nSPS) is 11.4. The van der Waals surface area contributed by atoms with E-state index in [9.17, 15) is 0 Å². The molecule has 0 radical (unpaired) electrons. The molecule has 0 amide bonds. The highest BCUT2D eigenvalue weighted by Crippen LogP contribution is 2.23. The Balaban J connectivity index is 1.74. The highest BCUT2D eigenvalue weighted by molar-refractivity contribution is 6.31. The Morgan fingerprint density at radius 3 is 2.57 bits per heavy atom. The zero-order chi connectivity index (χ0) is 14.8. The Morgan fingerprint density at radius 2 is 1.81 bits per heavy atom. The SMILES string of the molecule is Cc1ccc(CN(C)Cc2c[nH]c3cc(Cl)ccc23)cc1. The average Bonchev–Trinajstić information content (AvgIpc) is 2.83. The lowest BCUT2D eigenvalue weighted by molar-refractivity contribution is 0.320. The molecule has 1 N–H and O–H groups in total. The molecule has 0 unspecified atom stereocenters. The van der Waals surface area contributed by atoms with E-state index in [0.717, 1.165) is 23.6 Å². The van der Waals surface area contributed by atoms with Gasteiger partial charge in [-0.1, -0.05) is 47.5 Å². The Hall–Kier alpha value is -1.77. The van der Waals surface area contributed by atoms with Gasteiger partial charge in [-0.2, -0.15) is 0 Å². The van der Waals surface area contributed by atoms with Gasteiger partial charge < -0.3 is 4.98 Å². The van der Waals surface area contributed by atoms with Crippen molar-refractivity contribution in [3.05, 3.63) is 70.4 Å². The van der Waals surface area contributed by atoms with E-state index in [1.165, 1.54) is 22.1 Å². The van der Waals surface area contributed by atoms with E-state index in [-0.39, 0.29) is 0 Å². The van der Waals surface area contributed by atoms with Crippen LogP contribution in [-0.4, -0.2) is 16.9 Å². The van der Waals surface area contributed by atoms with Gasteiger partial charge in [0.15, 0.2) is 0 Å². The van der Waals surface area contributed by atoms with E-state index in [4.69, 9.17) is 11.6 Å². The van der Waals surface area contributed by atoms with Gasteiger partial charge in [-0.25, -0.2) is 0 Å². The summed E-state index contributed by atoms with van der Waals surface area (Å²) in [5.41, 5.74) is 5.04. The second kappa shape index (κ2) is 5.92. The summed E-state index contributed by atoms with van der Waals surface area (Å²) in [6, 6.07) is 14.7. The first-order chi connectivity index (χ1) is 10.1. The van der Waals surface area contributed by atoms with Crippen LogP contribution in [0, 0.1) is 6.92 Å². The lowest BCUT2D eigenvalue weighted by Crippen LogP contribution is -2.16. The largest absolute Gasteiger partial charge is 0.361 e. The van der Waals surface area contributed by atoms with Crippen LogP contribution in [0.3, 0.4) is 0 Å². The predicted molar refractivity (Wildman–Crippen MR) is 89.7 cm³/mol. The van der Waals surface area contributed by atoms with Crippen molar-refractivity contribution < 1.29 is 0 Å². The molecule has 2 nitrogen and oxygen atoms in total. The van der Waals surface area contributed by atoms with Crippen molar-refractivity contribution in [1.29, 1.82) is 0 Å². The number of aromatic nitrogens is 1. The van der Waals surface area contributed by atoms with Crippen molar-refractivity contribution in [3.63, 3.8) is 0 Å². The third-order valence-corrected chi connectivity index (χ3v) is 3.98. The van der Waals surface area contributed by atoms with Crippen LogP contribution in [0.2, 0.25) is 5.02 Å². The molecule has 3 aromatic rings. The standard InChI is InChI=1S/C18H19ClN2/c1-13-3-5-14(6-4-13)11-21(2)12-15-10-20-18-9-16(19)7-8-17(15)18/h3-10,20H,11-12H2,1-2H3. The number of aryl methyl sites for hydroxylation is 1. The second-order valence-corrected chi connectivity index (χ2v) is 6.10. The lowest BCUT2D eigenvalue weighted by Gasteiger charge is -2.16. The predicted octanol–water partition coefficient (Wildman–Crippen LogP) is 4.76. The van der Waals surface area contributed by atoms with Crippen LogP contribution in [0.5, 0.6) is 0 Å². The van der Waals surface area contributed by atoms with Crippen molar-refractivity contribution in [2.45, 2.75) is 20.0 Å². The molecule has 0 aliphatic rings. The maximum Gasteiger partial charge on any atom is 0.0472 e. The van der Waals surface area contributed by atoms with Gasteiger partial charge in [-0.3, -0.25) is 4.90 Å². The fourth-order valence-electron chi connectivity index (χ4n) is 2.64. The quantitative estimate of drug-likeness (QED) is 0.735. The van der Waals surface area contributed by atoms with Gasteiger partial charge in [0.05, 0.1) is 0 Å². The van der Waals surface area contributed by atoms with Crippen molar-refractivity contribution >= 4 is 22.5 Å². The number of halogens is 1. The van der Waals surface area contributed by atoms with Gasteiger partial charge in [0, 0.05) is 35.2 Å². The first-order valence-corrected chi connectivity index (χ1v) is 7.49. The number of fused-ring (bicyclic) bond motifs is 1. The van der Waals surface area contributed by atoms with Crippen LogP contribution >= 0.6 is 11.6 Å². The minimum absolute atomic E-state index is 0.768. The Bertz CT molecular complexity index is 744. The molecule has 0 saturated heterocycles. The molecule has 0 spiro atoms. The summed E-state index contributed by atoms with van der Waals surface area (Å²) < 4.78 is 0. The van der Waals surface area contributed by atoms with Gasteiger partial charge in [-0.05, 0) is 37.2 Å². The molecule has 0 atom stereocenters. The molecule has 3 heteroatoms. The van der Waals surface area contributed by atoms with Crippen LogP contribution < -0.4 is 0 Å². The molecular formula is C18H19ClN2. The summed E-state index contributed by atoms with van der Waals surface area (Å²) in [7, 11) is 2.15. The summed E-state index contributed by atoms with van der Waals surface area (Å²) in [5, 5.41) is 2.01. The molecule has 0 aliphatic heterocycles. The number of aromatic amines is 1. The number of hydrogen-bond acceptors (Lipinski definition) is 1. The maximum atomic E-state index is 6.02. The molecule has 108 valence electrons. The van der Waals surface area contributed by atoms with Crippen molar-refractivity contribution in [2.24, 2.45) is 0 Å². The molecule has 2 aromatic carbocycles. The molecule has 21 heavy (non-hydrogen) atoms. The fourth-order valence-corrected chi connectivity index (χ4v) is 2.81. The zero-order valence-corrected chi connectivity index (χ0v) is 13.1. The Kier molecular flexibility index (Phi) is 4.00. The van der Waals surface area contributed by atoms with Gasteiger partial charge in [0.25, 0.3) is 0 Å². The summed E-state index contributed by atoms with van der Waals surface area (Å²) >= 11 is 6.02. The summed E-state index contributed by atoms with van der Waals surface area (Å²) in [5.74, 6) is 0. The lowest BCUT2D eigenvalue weighted by atomic mass is 10.1. The van der Waals surface area contributed by atoms with Crippen LogP contribution in [0.4, 0.5) is 0 Å². The smallest absolute Gasteiger partial charge is 0.0472 e. The maximum absolute atomic E-state index is 6.02. The Morgan fingerprint density at radius 1 is 1.05 bits per heavy atom. The number of nitrogens with one attached hydrogen (secondary N) is 1. The summed E-state index contributed by atoms with van der Waals surface area (Å²) in [6.45, 7) is 3.97. The van der Waals surface area contributed by atoms with Crippen molar-refractivity contribution in [2.75, 3.05) is 7.05 Å². The highest BCUT2D eigenvalue weighted by atomic mass is 35.5. The summed E-state index contributed by atoms with van der Waals surface area (Å²) in [6.07, 6.45) is 2.08. The van der Waals surface area contributed by atoms with Crippen LogP contribution in [0.25, 0.3) is 10.9 Å². The number of rotatable bonds is 4. The molecule has 0 saturated carbocycles. The van der Waals surface area contributed by atoms with E-state index in [0.29, 0.717) is 0 Å². The van der Waals surface area contributed by atoms with E-state index in [2.05, 4.69) is 60.4 Å². The van der Waals surface area contributed by atoms with E-state index in [1.54, 1.807) is 0 Å². The highest BCUT2D eigenvalue weighted by Gasteiger charge is 2.07. The first-order valence-electron chi connectivity index (χ1n) is 7.11. The molecule has 0 fully saturated rings. The van der Waals surface area contributed by atoms with E-state index < -0.39 is 0 Å².